The van der Waals surface area contributed by atoms with E-state index in [1.54, 1.807) is 6.20 Å². The SMILES string of the molecule is Cc1cn(C(N)=O)nc1C.Cl. The second-order valence-electron chi connectivity index (χ2n) is 2.18. The number of aryl methyl sites for hydroxylation is 2. The van der Waals surface area contributed by atoms with Crippen LogP contribution in [0.2, 0.25) is 0 Å². The van der Waals surface area contributed by atoms with Gasteiger partial charge in [0.15, 0.2) is 0 Å². The van der Waals surface area contributed by atoms with Crippen LogP contribution in [0, 0.1) is 13.8 Å². The van der Waals surface area contributed by atoms with E-state index >= 15 is 0 Å². The van der Waals surface area contributed by atoms with Crippen molar-refractivity contribution in [1.82, 2.24) is 9.78 Å². The molecule has 0 saturated heterocycles. The van der Waals surface area contributed by atoms with E-state index in [0.29, 0.717) is 0 Å². The molecule has 0 saturated carbocycles. The molecule has 1 amide bonds. The molecule has 62 valence electrons. The van der Waals surface area contributed by atoms with Gasteiger partial charge in [-0.25, -0.2) is 4.79 Å². The maximum Gasteiger partial charge on any atom is 0.339 e. The van der Waals surface area contributed by atoms with Gasteiger partial charge in [0, 0.05) is 6.20 Å². The summed E-state index contributed by atoms with van der Waals surface area (Å²) in [5.41, 5.74) is 6.76. The van der Waals surface area contributed by atoms with Crippen molar-refractivity contribution in [2.24, 2.45) is 5.73 Å². The van der Waals surface area contributed by atoms with Crippen LogP contribution in [0.25, 0.3) is 0 Å². The Labute approximate surface area is 70.8 Å². The number of halogens is 1. The molecule has 0 bridgehead atoms. The van der Waals surface area contributed by atoms with Gasteiger partial charge in [-0.15, -0.1) is 12.4 Å². The quantitative estimate of drug-likeness (QED) is 0.636. The molecule has 0 aliphatic heterocycles. The summed E-state index contributed by atoms with van der Waals surface area (Å²) in [5.74, 6) is 0. The van der Waals surface area contributed by atoms with E-state index in [1.165, 1.54) is 0 Å². The van der Waals surface area contributed by atoms with E-state index in [4.69, 9.17) is 5.73 Å². The summed E-state index contributed by atoms with van der Waals surface area (Å²) in [4.78, 5) is 10.5. The second-order valence-corrected chi connectivity index (χ2v) is 2.18. The van der Waals surface area contributed by atoms with Gasteiger partial charge in [0.05, 0.1) is 5.69 Å². The Hall–Kier alpha value is -1.03. The molecule has 0 radical (unpaired) electrons. The number of carbonyl (C=O) groups excluding carboxylic acids is 1. The van der Waals surface area contributed by atoms with Gasteiger partial charge in [0.25, 0.3) is 0 Å². The summed E-state index contributed by atoms with van der Waals surface area (Å²) in [6.07, 6.45) is 1.61. The maximum atomic E-state index is 10.5. The first-order valence-electron chi connectivity index (χ1n) is 2.94. The van der Waals surface area contributed by atoms with Crippen molar-refractivity contribution >= 4 is 18.4 Å². The maximum absolute atomic E-state index is 10.5. The van der Waals surface area contributed by atoms with E-state index in [-0.39, 0.29) is 12.4 Å². The van der Waals surface area contributed by atoms with Crippen LogP contribution in [0.3, 0.4) is 0 Å². The number of rotatable bonds is 0. The summed E-state index contributed by atoms with van der Waals surface area (Å²) >= 11 is 0. The van der Waals surface area contributed by atoms with Gasteiger partial charge in [-0.1, -0.05) is 0 Å². The average Bonchev–Trinajstić information content (AvgIpc) is 2.13. The molecule has 0 aliphatic carbocycles. The predicted molar refractivity (Wildman–Crippen MR) is 43.9 cm³/mol. The van der Waals surface area contributed by atoms with Crippen molar-refractivity contribution < 1.29 is 4.79 Å². The number of hydrogen-bond acceptors (Lipinski definition) is 2. The van der Waals surface area contributed by atoms with Crippen molar-refractivity contribution in [3.63, 3.8) is 0 Å². The molecule has 0 atom stereocenters. The molecule has 1 rings (SSSR count). The Morgan fingerprint density at radius 1 is 1.64 bits per heavy atom. The number of nitrogens with two attached hydrogens (primary N) is 1. The lowest BCUT2D eigenvalue weighted by atomic mass is 10.3. The predicted octanol–water partition coefficient (Wildman–Crippen LogP) is 0.849. The third kappa shape index (κ3) is 1.94. The Balaban J connectivity index is 0.000001000. The Bertz CT molecular complexity index is 249. The van der Waals surface area contributed by atoms with Gasteiger partial charge in [0.1, 0.15) is 0 Å². The van der Waals surface area contributed by atoms with E-state index in [9.17, 15) is 4.79 Å². The third-order valence-corrected chi connectivity index (χ3v) is 1.37. The van der Waals surface area contributed by atoms with E-state index < -0.39 is 6.03 Å². The van der Waals surface area contributed by atoms with E-state index in [0.717, 1.165) is 15.9 Å². The molecule has 11 heavy (non-hydrogen) atoms. The van der Waals surface area contributed by atoms with Gasteiger partial charge in [-0.05, 0) is 19.4 Å². The lowest BCUT2D eigenvalue weighted by Crippen LogP contribution is -2.19. The molecule has 2 N–H and O–H groups in total. The zero-order valence-corrected chi connectivity index (χ0v) is 7.18. The van der Waals surface area contributed by atoms with Gasteiger partial charge < -0.3 is 5.73 Å². The minimum Gasteiger partial charge on any atom is -0.350 e. The van der Waals surface area contributed by atoms with Crippen LogP contribution in [-0.4, -0.2) is 15.8 Å². The first-order valence-corrected chi connectivity index (χ1v) is 2.94. The zero-order chi connectivity index (χ0) is 7.72. The van der Waals surface area contributed by atoms with Crippen molar-refractivity contribution in [2.45, 2.75) is 13.8 Å². The summed E-state index contributed by atoms with van der Waals surface area (Å²) in [6.45, 7) is 3.70. The zero-order valence-electron chi connectivity index (χ0n) is 6.37. The molecule has 1 aromatic heterocycles. The van der Waals surface area contributed by atoms with Crippen LogP contribution < -0.4 is 5.73 Å². The minimum atomic E-state index is -0.545. The normalized spacial score (nSPS) is 8.91. The monoisotopic (exact) mass is 175 g/mol. The first-order chi connectivity index (χ1) is 4.61. The number of aromatic nitrogens is 2. The molecule has 0 aliphatic rings. The number of hydrogen-bond donors (Lipinski definition) is 1. The lowest BCUT2D eigenvalue weighted by molar-refractivity contribution is 0.247. The summed E-state index contributed by atoms with van der Waals surface area (Å²) in [7, 11) is 0. The molecule has 0 fully saturated rings. The molecule has 1 aromatic rings. The number of amides is 1. The highest BCUT2D eigenvalue weighted by atomic mass is 35.5. The summed E-state index contributed by atoms with van der Waals surface area (Å²) in [6, 6.07) is -0.545. The van der Waals surface area contributed by atoms with Crippen LogP contribution in [0.1, 0.15) is 11.3 Å². The van der Waals surface area contributed by atoms with E-state index in [2.05, 4.69) is 5.10 Å². The van der Waals surface area contributed by atoms with Gasteiger partial charge in [-0.3, -0.25) is 0 Å². The largest absolute Gasteiger partial charge is 0.350 e. The van der Waals surface area contributed by atoms with Crippen molar-refractivity contribution in [2.75, 3.05) is 0 Å². The molecule has 1 heterocycles. The minimum absolute atomic E-state index is 0. The highest BCUT2D eigenvalue weighted by Crippen LogP contribution is 2.00. The van der Waals surface area contributed by atoms with Gasteiger partial charge in [-0.2, -0.15) is 9.78 Å². The second kappa shape index (κ2) is 3.39. The molecule has 5 heteroatoms. The molecular formula is C6H10ClN3O. The topological polar surface area (TPSA) is 60.9 Å². The first kappa shape index (κ1) is 9.97. The van der Waals surface area contributed by atoms with Crippen LogP contribution in [0.4, 0.5) is 4.79 Å². The summed E-state index contributed by atoms with van der Waals surface area (Å²) in [5, 5.41) is 3.85. The van der Waals surface area contributed by atoms with Crippen LogP contribution in [0.15, 0.2) is 6.20 Å². The van der Waals surface area contributed by atoms with Gasteiger partial charge in [0.2, 0.25) is 0 Å². The molecular weight excluding hydrogens is 166 g/mol. The number of primary amides is 1. The third-order valence-electron chi connectivity index (χ3n) is 1.37. The Kier molecular flexibility index (Phi) is 3.07. The Morgan fingerprint density at radius 2 is 2.18 bits per heavy atom. The van der Waals surface area contributed by atoms with Crippen molar-refractivity contribution in [3.8, 4) is 0 Å². The molecule has 4 nitrogen and oxygen atoms in total. The lowest BCUT2D eigenvalue weighted by Gasteiger charge is -1.88. The molecule has 0 spiro atoms. The number of carbonyl (C=O) groups is 1. The van der Waals surface area contributed by atoms with E-state index in [1.807, 2.05) is 13.8 Å². The van der Waals surface area contributed by atoms with Crippen molar-refractivity contribution in [3.05, 3.63) is 17.5 Å². The highest BCUT2D eigenvalue weighted by molar-refractivity contribution is 5.85. The summed E-state index contributed by atoms with van der Waals surface area (Å²) < 4.78 is 1.13. The fraction of sp³-hybridized carbons (Fsp3) is 0.333. The van der Waals surface area contributed by atoms with Crippen LogP contribution in [0.5, 0.6) is 0 Å². The average molecular weight is 176 g/mol. The number of nitrogens with zero attached hydrogens (tertiary/aromatic N) is 2. The fourth-order valence-corrected chi connectivity index (χ4v) is 0.659. The van der Waals surface area contributed by atoms with Crippen molar-refractivity contribution in [1.29, 1.82) is 0 Å². The standard InChI is InChI=1S/C6H9N3O.ClH/c1-4-3-9(6(7)10)8-5(4)2;/h3H,1-2H3,(H2,7,10);1H. The van der Waals surface area contributed by atoms with Crippen LogP contribution >= 0.6 is 12.4 Å². The molecule has 0 aromatic carbocycles. The van der Waals surface area contributed by atoms with Gasteiger partial charge >= 0.3 is 6.03 Å². The highest BCUT2D eigenvalue weighted by Gasteiger charge is 2.02. The van der Waals surface area contributed by atoms with Crippen LogP contribution in [-0.2, 0) is 0 Å². The smallest absolute Gasteiger partial charge is 0.339 e. The Morgan fingerprint density at radius 3 is 2.36 bits per heavy atom. The fourth-order valence-electron chi connectivity index (χ4n) is 0.659. The molecule has 0 unspecified atom stereocenters.